The average Bonchev–Trinajstić information content (AvgIpc) is 2.27. The van der Waals surface area contributed by atoms with Gasteiger partial charge in [-0.2, -0.15) is 8.42 Å². The van der Waals surface area contributed by atoms with Crippen LogP contribution >= 0.6 is 0 Å². The van der Waals surface area contributed by atoms with Crippen LogP contribution < -0.4 is 0 Å². The molecule has 0 fully saturated rings. The van der Waals surface area contributed by atoms with Crippen LogP contribution in [0.4, 0.5) is 0 Å². The van der Waals surface area contributed by atoms with Crippen LogP contribution in [0.2, 0.25) is 0 Å². The van der Waals surface area contributed by atoms with Gasteiger partial charge in [-0.15, -0.1) is 0 Å². The number of carbonyl (C=O) groups is 1. The Labute approximate surface area is 102 Å². The lowest BCUT2D eigenvalue weighted by atomic mass is 10.1. The molecule has 18 heavy (non-hydrogen) atoms. The summed E-state index contributed by atoms with van der Waals surface area (Å²) in [5.41, 5.74) is -0.837. The van der Waals surface area contributed by atoms with Gasteiger partial charge < -0.3 is 10.2 Å². The van der Waals surface area contributed by atoms with E-state index in [2.05, 4.69) is 0 Å². The maximum absolute atomic E-state index is 11.1. The lowest BCUT2D eigenvalue weighted by Crippen LogP contribution is -2.08. The topological polar surface area (TPSA) is 112 Å². The molecule has 0 saturated carbocycles. The van der Waals surface area contributed by atoms with Crippen LogP contribution in [0.1, 0.15) is 10.4 Å². The fourth-order valence-electron chi connectivity index (χ4n) is 1.71. The molecule has 0 aliphatic rings. The summed E-state index contributed by atoms with van der Waals surface area (Å²) >= 11 is 0. The first-order chi connectivity index (χ1) is 8.32. The Morgan fingerprint density at radius 3 is 2.33 bits per heavy atom. The van der Waals surface area contributed by atoms with E-state index in [1.807, 2.05) is 0 Å². The smallest absolute Gasteiger partial charge is 0.340 e. The summed E-state index contributed by atoms with van der Waals surface area (Å²) in [7, 11) is -4.73. The minimum atomic E-state index is -4.73. The van der Waals surface area contributed by atoms with Gasteiger partial charge in [0.2, 0.25) is 0 Å². The van der Waals surface area contributed by atoms with Crippen molar-refractivity contribution in [2.24, 2.45) is 0 Å². The summed E-state index contributed by atoms with van der Waals surface area (Å²) in [6.45, 7) is 0. The number of rotatable bonds is 2. The molecule has 0 heterocycles. The fourth-order valence-corrected chi connectivity index (χ4v) is 2.43. The van der Waals surface area contributed by atoms with Crippen molar-refractivity contribution in [1.29, 1.82) is 0 Å². The molecule has 0 unspecified atom stereocenters. The number of carboxylic acid groups (broad SMARTS) is 1. The fraction of sp³-hybridized carbons (Fsp3) is 0. The summed E-state index contributed by atoms with van der Waals surface area (Å²) < 4.78 is 31.3. The second-order valence-corrected chi connectivity index (χ2v) is 4.99. The summed E-state index contributed by atoms with van der Waals surface area (Å²) in [5, 5.41) is 19.3. The van der Waals surface area contributed by atoms with Crippen molar-refractivity contribution in [3.8, 4) is 5.75 Å². The molecule has 2 aromatic carbocycles. The van der Waals surface area contributed by atoms with E-state index in [1.54, 1.807) is 12.1 Å². The SMILES string of the molecule is O=C(O)c1c(S(=O)(=O)O)cc2ccccc2c1O. The zero-order valence-corrected chi connectivity index (χ0v) is 9.68. The Balaban J connectivity index is 3.02. The monoisotopic (exact) mass is 268 g/mol. The number of fused-ring (bicyclic) bond motifs is 1. The van der Waals surface area contributed by atoms with Crippen molar-refractivity contribution >= 4 is 26.9 Å². The van der Waals surface area contributed by atoms with E-state index in [1.165, 1.54) is 12.1 Å². The van der Waals surface area contributed by atoms with Crippen LogP contribution in [0.5, 0.6) is 5.75 Å². The zero-order chi connectivity index (χ0) is 13.5. The Morgan fingerprint density at radius 1 is 1.17 bits per heavy atom. The van der Waals surface area contributed by atoms with Crippen molar-refractivity contribution in [3.05, 3.63) is 35.9 Å². The van der Waals surface area contributed by atoms with Crippen molar-refractivity contribution in [2.45, 2.75) is 4.90 Å². The molecule has 0 bridgehead atoms. The predicted octanol–water partition coefficient (Wildman–Crippen LogP) is 1.49. The number of hydrogen-bond acceptors (Lipinski definition) is 4. The summed E-state index contributed by atoms with van der Waals surface area (Å²) in [6, 6.07) is 7.12. The molecule has 0 saturated heterocycles. The van der Waals surface area contributed by atoms with Crippen LogP contribution in [-0.4, -0.2) is 29.2 Å². The van der Waals surface area contributed by atoms with Crippen molar-refractivity contribution in [1.82, 2.24) is 0 Å². The van der Waals surface area contributed by atoms with Gasteiger partial charge in [0, 0.05) is 5.39 Å². The van der Waals surface area contributed by atoms with E-state index < -0.39 is 32.3 Å². The minimum Gasteiger partial charge on any atom is -0.506 e. The Bertz CT molecular complexity index is 747. The van der Waals surface area contributed by atoms with Gasteiger partial charge in [-0.3, -0.25) is 4.55 Å². The molecule has 94 valence electrons. The molecule has 2 aromatic rings. The number of benzene rings is 2. The third kappa shape index (κ3) is 1.89. The van der Waals surface area contributed by atoms with E-state index in [-0.39, 0.29) is 5.39 Å². The Morgan fingerprint density at radius 2 is 1.78 bits per heavy atom. The van der Waals surface area contributed by atoms with Crippen molar-refractivity contribution in [2.75, 3.05) is 0 Å². The quantitative estimate of drug-likeness (QED) is 0.711. The van der Waals surface area contributed by atoms with Gasteiger partial charge in [0.15, 0.2) is 0 Å². The van der Waals surface area contributed by atoms with Gasteiger partial charge in [-0.1, -0.05) is 24.3 Å². The summed E-state index contributed by atoms with van der Waals surface area (Å²) in [6.07, 6.45) is 0. The second kappa shape index (κ2) is 3.97. The van der Waals surface area contributed by atoms with Gasteiger partial charge in [0.25, 0.3) is 10.1 Å². The second-order valence-electron chi connectivity index (χ2n) is 3.60. The van der Waals surface area contributed by atoms with Crippen LogP contribution in [0, 0.1) is 0 Å². The van der Waals surface area contributed by atoms with Crippen LogP contribution in [-0.2, 0) is 10.1 Å². The maximum atomic E-state index is 11.1. The van der Waals surface area contributed by atoms with Crippen molar-refractivity contribution < 1.29 is 28.0 Å². The highest BCUT2D eigenvalue weighted by atomic mass is 32.2. The molecule has 6 nitrogen and oxygen atoms in total. The molecular weight excluding hydrogens is 260 g/mol. The number of phenols is 1. The van der Waals surface area contributed by atoms with E-state index in [0.717, 1.165) is 6.07 Å². The average molecular weight is 268 g/mol. The van der Waals surface area contributed by atoms with E-state index in [0.29, 0.717) is 5.39 Å². The van der Waals surface area contributed by atoms with Crippen LogP contribution in [0.15, 0.2) is 35.2 Å². The number of carboxylic acids is 1. The molecular formula is C11H8O6S. The highest BCUT2D eigenvalue weighted by Crippen LogP contribution is 2.33. The van der Waals surface area contributed by atoms with Gasteiger partial charge in [0.05, 0.1) is 0 Å². The van der Waals surface area contributed by atoms with Crippen LogP contribution in [0.25, 0.3) is 10.8 Å². The molecule has 0 spiro atoms. The third-order valence-electron chi connectivity index (χ3n) is 2.48. The molecule has 3 N–H and O–H groups in total. The largest absolute Gasteiger partial charge is 0.506 e. The predicted molar refractivity (Wildman–Crippen MR) is 62.4 cm³/mol. The van der Waals surface area contributed by atoms with Gasteiger partial charge in [0.1, 0.15) is 16.2 Å². The molecule has 0 aromatic heterocycles. The first-order valence-electron chi connectivity index (χ1n) is 4.78. The molecule has 0 amide bonds. The summed E-state index contributed by atoms with van der Waals surface area (Å²) in [4.78, 5) is 10.2. The molecule has 0 aliphatic carbocycles. The van der Waals surface area contributed by atoms with Gasteiger partial charge in [-0.25, -0.2) is 4.79 Å². The molecule has 0 atom stereocenters. The van der Waals surface area contributed by atoms with E-state index >= 15 is 0 Å². The third-order valence-corrected chi connectivity index (χ3v) is 3.36. The van der Waals surface area contributed by atoms with E-state index in [4.69, 9.17) is 9.66 Å². The molecule has 0 aliphatic heterocycles. The number of aromatic hydroxyl groups is 1. The standard InChI is InChI=1S/C11H8O6S/c12-10-7-4-2-1-3-6(7)5-8(18(15,16)17)9(10)11(13)14/h1-5,12H,(H,13,14)(H,15,16,17). The lowest BCUT2D eigenvalue weighted by molar-refractivity contribution is 0.0689. The lowest BCUT2D eigenvalue weighted by Gasteiger charge is -2.09. The van der Waals surface area contributed by atoms with Crippen molar-refractivity contribution in [3.63, 3.8) is 0 Å². The Kier molecular flexibility index (Phi) is 2.72. The normalized spacial score (nSPS) is 11.6. The zero-order valence-electron chi connectivity index (χ0n) is 8.86. The summed E-state index contributed by atoms with van der Waals surface area (Å²) in [5.74, 6) is -2.32. The first kappa shape index (κ1) is 12.3. The first-order valence-corrected chi connectivity index (χ1v) is 6.22. The molecule has 7 heteroatoms. The van der Waals surface area contributed by atoms with Crippen LogP contribution in [0.3, 0.4) is 0 Å². The molecule has 2 rings (SSSR count). The van der Waals surface area contributed by atoms with Gasteiger partial charge >= 0.3 is 5.97 Å². The minimum absolute atomic E-state index is 0.197. The highest BCUT2D eigenvalue weighted by Gasteiger charge is 2.25. The van der Waals surface area contributed by atoms with E-state index in [9.17, 15) is 18.3 Å². The number of hydrogen-bond donors (Lipinski definition) is 3. The highest BCUT2D eigenvalue weighted by molar-refractivity contribution is 7.86. The maximum Gasteiger partial charge on any atom is 0.340 e. The molecule has 0 radical (unpaired) electrons. The number of aromatic carboxylic acids is 1. The van der Waals surface area contributed by atoms with Gasteiger partial charge in [-0.05, 0) is 11.5 Å². The Hall–Kier alpha value is -2.12.